The second kappa shape index (κ2) is 5.51. The largest absolute Gasteiger partial charge is 0.480 e. The highest BCUT2D eigenvalue weighted by molar-refractivity contribution is 7.88. The van der Waals surface area contributed by atoms with Crippen LogP contribution in [0.2, 0.25) is 0 Å². The quantitative estimate of drug-likeness (QED) is 0.814. The normalized spacial score (nSPS) is 24.1. The molecule has 1 N–H and O–H groups in total. The number of hydrogen-bond acceptors (Lipinski definition) is 6. The third kappa shape index (κ3) is 3.00. The van der Waals surface area contributed by atoms with Crippen molar-refractivity contribution in [2.24, 2.45) is 0 Å². The predicted octanol–water partition coefficient (Wildman–Crippen LogP) is -0.0133. The molecule has 9 heteroatoms. The first-order valence-corrected chi connectivity index (χ1v) is 7.61. The fourth-order valence-electron chi connectivity index (χ4n) is 2.23. The zero-order valence-electron chi connectivity index (χ0n) is 11.1. The maximum absolute atomic E-state index is 12.3. The molecule has 1 fully saturated rings. The summed E-state index contributed by atoms with van der Waals surface area (Å²) in [4.78, 5) is 11.2. The summed E-state index contributed by atoms with van der Waals surface area (Å²) in [6.07, 6.45) is -0.270. The SMILES string of the molecule is COC1CC(C(=O)O)N(S(=O)(=O)Cc2cc(C)on2)C1. The molecule has 2 rings (SSSR count). The highest BCUT2D eigenvalue weighted by Crippen LogP contribution is 2.25. The van der Waals surface area contributed by atoms with Crippen LogP contribution in [0.3, 0.4) is 0 Å². The molecule has 1 aromatic rings. The third-order valence-electron chi connectivity index (χ3n) is 3.20. The molecule has 0 saturated carbocycles. The number of aryl methyl sites for hydroxylation is 1. The molecule has 0 aliphatic carbocycles. The van der Waals surface area contributed by atoms with Crippen molar-refractivity contribution in [1.29, 1.82) is 0 Å². The summed E-state index contributed by atoms with van der Waals surface area (Å²) in [5.74, 6) is -1.06. The molecule has 0 amide bonds. The lowest BCUT2D eigenvalue weighted by atomic mass is 10.2. The Hall–Kier alpha value is -1.45. The van der Waals surface area contributed by atoms with Crippen molar-refractivity contribution in [2.75, 3.05) is 13.7 Å². The molecule has 2 heterocycles. The van der Waals surface area contributed by atoms with Gasteiger partial charge in [-0.25, -0.2) is 8.42 Å². The maximum atomic E-state index is 12.3. The summed E-state index contributed by atoms with van der Waals surface area (Å²) < 4.78 is 35.5. The van der Waals surface area contributed by atoms with Crippen LogP contribution in [0.5, 0.6) is 0 Å². The second-order valence-corrected chi connectivity index (χ2v) is 6.62. The van der Waals surface area contributed by atoms with Gasteiger partial charge in [-0.15, -0.1) is 0 Å². The van der Waals surface area contributed by atoms with Crippen LogP contribution in [0.1, 0.15) is 17.9 Å². The summed E-state index contributed by atoms with van der Waals surface area (Å²) in [5.41, 5.74) is 0.257. The molecule has 1 aliphatic rings. The van der Waals surface area contributed by atoms with Crippen molar-refractivity contribution in [1.82, 2.24) is 9.46 Å². The van der Waals surface area contributed by atoms with Crippen LogP contribution < -0.4 is 0 Å². The van der Waals surface area contributed by atoms with Gasteiger partial charge in [0.1, 0.15) is 23.2 Å². The number of nitrogens with zero attached hydrogens (tertiary/aromatic N) is 2. The van der Waals surface area contributed by atoms with Gasteiger partial charge in [-0.3, -0.25) is 4.79 Å². The van der Waals surface area contributed by atoms with Gasteiger partial charge in [0.2, 0.25) is 10.0 Å². The average Bonchev–Trinajstić information content (AvgIpc) is 2.95. The predicted molar refractivity (Wildman–Crippen MR) is 67.4 cm³/mol. The fraction of sp³-hybridized carbons (Fsp3) is 0.636. The molecule has 1 aliphatic heterocycles. The van der Waals surface area contributed by atoms with E-state index < -0.39 is 28.1 Å². The topological polar surface area (TPSA) is 110 Å². The summed E-state index contributed by atoms with van der Waals surface area (Å²) in [7, 11) is -2.36. The Balaban J connectivity index is 2.21. The van der Waals surface area contributed by atoms with Gasteiger partial charge in [-0.1, -0.05) is 5.16 Å². The Labute approximate surface area is 116 Å². The summed E-state index contributed by atoms with van der Waals surface area (Å²) in [6.45, 7) is 1.69. The van der Waals surface area contributed by atoms with E-state index in [9.17, 15) is 13.2 Å². The highest BCUT2D eigenvalue weighted by atomic mass is 32.2. The van der Waals surface area contributed by atoms with Crippen LogP contribution in [0, 0.1) is 6.92 Å². The number of aromatic nitrogens is 1. The van der Waals surface area contributed by atoms with E-state index in [1.54, 1.807) is 6.92 Å². The van der Waals surface area contributed by atoms with Gasteiger partial charge in [-0.2, -0.15) is 4.31 Å². The van der Waals surface area contributed by atoms with Gasteiger partial charge in [0.25, 0.3) is 0 Å². The molecule has 8 nitrogen and oxygen atoms in total. The van der Waals surface area contributed by atoms with E-state index >= 15 is 0 Å². The first-order valence-electron chi connectivity index (χ1n) is 6.01. The van der Waals surface area contributed by atoms with E-state index in [1.807, 2.05) is 0 Å². The Morgan fingerprint density at radius 1 is 1.65 bits per heavy atom. The Morgan fingerprint density at radius 3 is 2.85 bits per heavy atom. The standard InChI is InChI=1S/C11H16N2O6S/c1-7-3-8(12-19-7)6-20(16,17)13-5-9(18-2)4-10(13)11(14)15/h3,9-10H,4-6H2,1-2H3,(H,14,15). The molecule has 2 atom stereocenters. The summed E-state index contributed by atoms with van der Waals surface area (Å²) in [6, 6.07) is 0.412. The van der Waals surface area contributed by atoms with Gasteiger partial charge in [-0.05, 0) is 6.92 Å². The lowest BCUT2D eigenvalue weighted by molar-refractivity contribution is -0.140. The lowest BCUT2D eigenvalue weighted by Gasteiger charge is -2.19. The van der Waals surface area contributed by atoms with Crippen LogP contribution in [-0.4, -0.2) is 54.8 Å². The molecule has 0 radical (unpaired) electrons. The molecular weight excluding hydrogens is 288 g/mol. The van der Waals surface area contributed by atoms with Crippen LogP contribution in [0.15, 0.2) is 10.6 Å². The van der Waals surface area contributed by atoms with Crippen molar-refractivity contribution in [3.8, 4) is 0 Å². The van der Waals surface area contributed by atoms with Crippen molar-refractivity contribution in [3.05, 3.63) is 17.5 Å². The average molecular weight is 304 g/mol. The number of sulfonamides is 1. The number of aliphatic carboxylic acids is 1. The van der Waals surface area contributed by atoms with Crippen molar-refractivity contribution < 1.29 is 27.6 Å². The third-order valence-corrected chi connectivity index (χ3v) is 4.98. The van der Waals surface area contributed by atoms with Crippen molar-refractivity contribution in [2.45, 2.75) is 31.2 Å². The molecule has 0 aromatic carbocycles. The molecule has 2 unspecified atom stereocenters. The zero-order chi connectivity index (χ0) is 14.9. The van der Waals surface area contributed by atoms with Gasteiger partial charge < -0.3 is 14.4 Å². The smallest absolute Gasteiger partial charge is 0.322 e. The first-order chi connectivity index (χ1) is 9.33. The van der Waals surface area contributed by atoms with E-state index in [2.05, 4.69) is 5.16 Å². The van der Waals surface area contributed by atoms with E-state index in [0.717, 1.165) is 4.31 Å². The Bertz CT molecular complexity index is 596. The van der Waals surface area contributed by atoms with Gasteiger partial charge in [0, 0.05) is 26.1 Å². The van der Waals surface area contributed by atoms with Crippen LogP contribution in [-0.2, 0) is 25.3 Å². The molecule has 112 valence electrons. The molecule has 1 saturated heterocycles. The van der Waals surface area contributed by atoms with Crippen LogP contribution in [0.4, 0.5) is 0 Å². The number of rotatable bonds is 5. The zero-order valence-corrected chi connectivity index (χ0v) is 12.0. The molecule has 0 bridgehead atoms. The first kappa shape index (κ1) is 14.9. The summed E-state index contributed by atoms with van der Waals surface area (Å²) >= 11 is 0. The number of hydrogen-bond donors (Lipinski definition) is 1. The van der Waals surface area contributed by atoms with E-state index in [4.69, 9.17) is 14.4 Å². The molecular formula is C11H16N2O6S. The number of carbonyl (C=O) groups is 1. The number of methoxy groups -OCH3 is 1. The van der Waals surface area contributed by atoms with Gasteiger partial charge in [0.05, 0.1) is 6.10 Å². The number of ether oxygens (including phenoxy) is 1. The molecule has 1 aromatic heterocycles. The van der Waals surface area contributed by atoms with Gasteiger partial charge >= 0.3 is 5.97 Å². The Kier molecular flexibility index (Phi) is 4.11. The lowest BCUT2D eigenvalue weighted by Crippen LogP contribution is -2.41. The minimum absolute atomic E-state index is 0.0344. The fourth-order valence-corrected chi connectivity index (χ4v) is 3.86. The molecule has 20 heavy (non-hydrogen) atoms. The van der Waals surface area contributed by atoms with Crippen LogP contribution >= 0.6 is 0 Å². The minimum atomic E-state index is -3.79. The van der Waals surface area contributed by atoms with Crippen molar-refractivity contribution >= 4 is 16.0 Å². The number of carboxylic acids is 1. The number of carboxylic acid groups (broad SMARTS) is 1. The minimum Gasteiger partial charge on any atom is -0.480 e. The highest BCUT2D eigenvalue weighted by Gasteiger charge is 2.43. The second-order valence-electron chi connectivity index (χ2n) is 4.70. The van der Waals surface area contributed by atoms with Gasteiger partial charge in [0.15, 0.2) is 0 Å². The Morgan fingerprint density at radius 2 is 2.35 bits per heavy atom. The van der Waals surface area contributed by atoms with E-state index in [1.165, 1.54) is 13.2 Å². The monoisotopic (exact) mass is 304 g/mol. The van der Waals surface area contributed by atoms with Crippen LogP contribution in [0.25, 0.3) is 0 Å². The summed E-state index contributed by atoms with van der Waals surface area (Å²) in [5, 5.41) is 12.8. The van der Waals surface area contributed by atoms with E-state index in [0.29, 0.717) is 5.76 Å². The van der Waals surface area contributed by atoms with Crippen molar-refractivity contribution in [3.63, 3.8) is 0 Å². The maximum Gasteiger partial charge on any atom is 0.322 e. The van der Waals surface area contributed by atoms with E-state index in [-0.39, 0.29) is 24.4 Å². The molecule has 0 spiro atoms.